The molecule has 0 spiro atoms. The van der Waals surface area contributed by atoms with Gasteiger partial charge in [-0.1, -0.05) is 18.2 Å². The fourth-order valence-corrected chi connectivity index (χ4v) is 2.54. The first kappa shape index (κ1) is 19.7. The fourth-order valence-electron chi connectivity index (χ4n) is 2.54. The van der Waals surface area contributed by atoms with Gasteiger partial charge in [0.25, 0.3) is 0 Å². The van der Waals surface area contributed by atoms with E-state index in [2.05, 4.69) is 21.7 Å². The van der Waals surface area contributed by atoms with Crippen molar-refractivity contribution in [1.82, 2.24) is 10.6 Å². The standard InChI is InChI=1S/C16H24N4O2.HI/c1-17-16(18-9-11-22-2)19-12-15(21)20-10-5-7-13-6-3-4-8-14(13)20;/h3-4,6,8H,5,7,9-12H2,1-2H3,(H2,17,18,19);1H. The van der Waals surface area contributed by atoms with Crippen LogP contribution in [0.4, 0.5) is 5.69 Å². The number of rotatable bonds is 5. The molecule has 1 aromatic rings. The summed E-state index contributed by atoms with van der Waals surface area (Å²) in [6.45, 7) is 2.24. The Labute approximate surface area is 154 Å². The Hall–Kier alpha value is -1.35. The van der Waals surface area contributed by atoms with Crippen LogP contribution in [0.25, 0.3) is 0 Å². The molecule has 0 fully saturated rings. The van der Waals surface area contributed by atoms with Gasteiger partial charge in [0.1, 0.15) is 0 Å². The molecule has 0 radical (unpaired) electrons. The Bertz CT molecular complexity index is 537. The summed E-state index contributed by atoms with van der Waals surface area (Å²) in [6, 6.07) is 8.10. The lowest BCUT2D eigenvalue weighted by Crippen LogP contribution is -2.46. The Morgan fingerprint density at radius 2 is 2.13 bits per heavy atom. The fraction of sp³-hybridized carbons (Fsp3) is 0.500. The number of nitrogens with one attached hydrogen (secondary N) is 2. The Morgan fingerprint density at radius 1 is 1.35 bits per heavy atom. The molecule has 1 amide bonds. The number of halogens is 1. The monoisotopic (exact) mass is 432 g/mol. The lowest BCUT2D eigenvalue weighted by molar-refractivity contribution is -0.117. The third-order valence-corrected chi connectivity index (χ3v) is 3.64. The second-order valence-corrected chi connectivity index (χ2v) is 5.12. The summed E-state index contributed by atoms with van der Waals surface area (Å²) < 4.78 is 4.98. The maximum absolute atomic E-state index is 12.5. The van der Waals surface area contributed by atoms with E-state index in [1.165, 1.54) is 5.56 Å². The minimum Gasteiger partial charge on any atom is -0.383 e. The average molecular weight is 432 g/mol. The first-order valence-electron chi connectivity index (χ1n) is 7.58. The van der Waals surface area contributed by atoms with E-state index in [-0.39, 0.29) is 36.4 Å². The van der Waals surface area contributed by atoms with Gasteiger partial charge in [0.2, 0.25) is 5.91 Å². The summed E-state index contributed by atoms with van der Waals surface area (Å²) in [6.07, 6.45) is 2.04. The van der Waals surface area contributed by atoms with Crippen LogP contribution in [0.3, 0.4) is 0 Å². The number of amides is 1. The zero-order valence-corrected chi connectivity index (χ0v) is 16.0. The summed E-state index contributed by atoms with van der Waals surface area (Å²) in [7, 11) is 3.33. The number of guanidine groups is 1. The van der Waals surface area contributed by atoms with E-state index in [4.69, 9.17) is 4.74 Å². The molecule has 1 aromatic carbocycles. The maximum Gasteiger partial charge on any atom is 0.246 e. The number of carbonyl (C=O) groups is 1. The number of benzene rings is 1. The Morgan fingerprint density at radius 3 is 2.87 bits per heavy atom. The molecule has 0 aromatic heterocycles. The van der Waals surface area contributed by atoms with Crippen molar-refractivity contribution >= 4 is 41.5 Å². The Balaban J connectivity index is 0.00000264. The molecule has 6 nitrogen and oxygen atoms in total. The van der Waals surface area contributed by atoms with Crippen molar-refractivity contribution in [3.8, 4) is 0 Å². The molecular formula is C16H25IN4O2. The van der Waals surface area contributed by atoms with E-state index in [0.717, 1.165) is 25.1 Å². The molecular weight excluding hydrogens is 407 g/mol. The van der Waals surface area contributed by atoms with E-state index >= 15 is 0 Å². The molecule has 2 N–H and O–H groups in total. The van der Waals surface area contributed by atoms with Crippen molar-refractivity contribution in [2.45, 2.75) is 12.8 Å². The van der Waals surface area contributed by atoms with Crippen LogP contribution in [0.5, 0.6) is 0 Å². The van der Waals surface area contributed by atoms with Gasteiger partial charge in [0.05, 0.1) is 13.2 Å². The highest BCUT2D eigenvalue weighted by molar-refractivity contribution is 14.0. The number of ether oxygens (including phenoxy) is 1. The van der Waals surface area contributed by atoms with E-state index in [0.29, 0.717) is 19.1 Å². The number of hydrogen-bond donors (Lipinski definition) is 2. The van der Waals surface area contributed by atoms with Crippen molar-refractivity contribution < 1.29 is 9.53 Å². The molecule has 0 saturated heterocycles. The number of fused-ring (bicyclic) bond motifs is 1. The highest BCUT2D eigenvalue weighted by Gasteiger charge is 2.21. The first-order chi connectivity index (χ1) is 10.8. The number of nitrogens with zero attached hydrogens (tertiary/aromatic N) is 2. The SMILES string of the molecule is CN=C(NCCOC)NCC(=O)N1CCCc2ccccc21.I. The minimum atomic E-state index is 0. The lowest BCUT2D eigenvalue weighted by Gasteiger charge is -2.29. The van der Waals surface area contributed by atoms with Crippen LogP contribution in [-0.4, -0.2) is 52.3 Å². The summed E-state index contributed by atoms with van der Waals surface area (Å²) in [5.74, 6) is 0.664. The van der Waals surface area contributed by atoms with Crippen LogP contribution < -0.4 is 15.5 Å². The van der Waals surface area contributed by atoms with Crippen LogP contribution in [0.1, 0.15) is 12.0 Å². The minimum absolute atomic E-state index is 0. The van der Waals surface area contributed by atoms with Crippen molar-refractivity contribution in [1.29, 1.82) is 0 Å². The number of aryl methyl sites for hydroxylation is 1. The second kappa shape index (κ2) is 10.4. The Kier molecular flexibility index (Phi) is 8.93. The third kappa shape index (κ3) is 5.65. The molecule has 2 rings (SSSR count). The quantitative estimate of drug-likeness (QED) is 0.320. The molecule has 1 aliphatic heterocycles. The number of aliphatic imine (C=N–C) groups is 1. The van der Waals surface area contributed by atoms with Crippen molar-refractivity contribution in [2.24, 2.45) is 4.99 Å². The van der Waals surface area contributed by atoms with Gasteiger partial charge in [-0.3, -0.25) is 9.79 Å². The van der Waals surface area contributed by atoms with Gasteiger partial charge >= 0.3 is 0 Å². The van der Waals surface area contributed by atoms with Crippen LogP contribution >= 0.6 is 24.0 Å². The molecule has 0 saturated carbocycles. The van der Waals surface area contributed by atoms with Gasteiger partial charge in [-0.05, 0) is 24.5 Å². The highest BCUT2D eigenvalue weighted by Crippen LogP contribution is 2.26. The first-order valence-corrected chi connectivity index (χ1v) is 7.58. The summed E-state index contributed by atoms with van der Waals surface area (Å²) >= 11 is 0. The molecule has 128 valence electrons. The third-order valence-electron chi connectivity index (χ3n) is 3.64. The van der Waals surface area contributed by atoms with Crippen molar-refractivity contribution in [3.05, 3.63) is 29.8 Å². The topological polar surface area (TPSA) is 66.0 Å². The molecule has 0 bridgehead atoms. The van der Waals surface area contributed by atoms with Crippen molar-refractivity contribution in [3.63, 3.8) is 0 Å². The summed E-state index contributed by atoms with van der Waals surface area (Å²) in [4.78, 5) is 18.4. The maximum atomic E-state index is 12.5. The number of anilines is 1. The number of carbonyl (C=O) groups excluding carboxylic acids is 1. The number of para-hydroxylation sites is 1. The number of hydrogen-bond acceptors (Lipinski definition) is 3. The zero-order chi connectivity index (χ0) is 15.8. The van der Waals surface area contributed by atoms with E-state index in [9.17, 15) is 4.79 Å². The van der Waals surface area contributed by atoms with Crippen LogP contribution in [0.15, 0.2) is 29.3 Å². The van der Waals surface area contributed by atoms with Crippen LogP contribution in [0, 0.1) is 0 Å². The average Bonchev–Trinajstić information content (AvgIpc) is 2.57. The van der Waals surface area contributed by atoms with E-state index < -0.39 is 0 Å². The molecule has 1 aliphatic rings. The largest absolute Gasteiger partial charge is 0.383 e. The smallest absolute Gasteiger partial charge is 0.246 e. The normalized spacial score (nSPS) is 13.8. The van der Waals surface area contributed by atoms with E-state index in [1.54, 1.807) is 14.2 Å². The molecule has 0 unspecified atom stereocenters. The van der Waals surface area contributed by atoms with E-state index in [1.807, 2.05) is 23.1 Å². The molecule has 0 aliphatic carbocycles. The molecule has 1 heterocycles. The van der Waals surface area contributed by atoms with Crippen LogP contribution in [-0.2, 0) is 16.0 Å². The van der Waals surface area contributed by atoms with Gasteiger partial charge in [-0.15, -0.1) is 24.0 Å². The van der Waals surface area contributed by atoms with Crippen molar-refractivity contribution in [2.75, 3.05) is 45.3 Å². The van der Waals surface area contributed by atoms with Gasteiger partial charge in [0.15, 0.2) is 5.96 Å². The zero-order valence-electron chi connectivity index (χ0n) is 13.7. The lowest BCUT2D eigenvalue weighted by atomic mass is 10.0. The predicted octanol–water partition coefficient (Wildman–Crippen LogP) is 1.40. The van der Waals surface area contributed by atoms with Gasteiger partial charge in [-0.25, -0.2) is 0 Å². The molecule has 0 atom stereocenters. The molecule has 7 heteroatoms. The molecule has 23 heavy (non-hydrogen) atoms. The summed E-state index contributed by atoms with van der Waals surface area (Å²) in [5.41, 5.74) is 2.27. The van der Waals surface area contributed by atoms with Gasteiger partial charge in [-0.2, -0.15) is 0 Å². The predicted molar refractivity (Wildman–Crippen MR) is 104 cm³/mol. The van der Waals surface area contributed by atoms with Gasteiger partial charge in [0, 0.05) is 32.9 Å². The number of methoxy groups -OCH3 is 1. The van der Waals surface area contributed by atoms with Crippen LogP contribution in [0.2, 0.25) is 0 Å². The summed E-state index contributed by atoms with van der Waals surface area (Å²) in [5, 5.41) is 6.14. The second-order valence-electron chi connectivity index (χ2n) is 5.12. The highest BCUT2D eigenvalue weighted by atomic mass is 127. The van der Waals surface area contributed by atoms with Gasteiger partial charge < -0.3 is 20.3 Å².